The Kier molecular flexibility index (Phi) is 2.68. The standard InChI is InChI=1S/C19H14N2/c1-13-4-2-5-15(10-13)16-11-17-18(21-12-16)8-7-14-6-3-9-20-19(14)17/h2-12H,1H3. The van der Waals surface area contributed by atoms with E-state index >= 15 is 0 Å². The van der Waals surface area contributed by atoms with Crippen LogP contribution in [0.1, 0.15) is 5.56 Å². The van der Waals surface area contributed by atoms with Crippen molar-refractivity contribution in [2.75, 3.05) is 0 Å². The van der Waals surface area contributed by atoms with Crippen molar-refractivity contribution in [3.05, 3.63) is 72.6 Å². The molecule has 0 aliphatic carbocycles. The van der Waals surface area contributed by atoms with Gasteiger partial charge in [0.1, 0.15) is 0 Å². The Morgan fingerprint density at radius 1 is 0.810 bits per heavy atom. The first-order chi connectivity index (χ1) is 10.3. The van der Waals surface area contributed by atoms with Gasteiger partial charge in [0, 0.05) is 28.7 Å². The van der Waals surface area contributed by atoms with Crippen LogP contribution in [0.4, 0.5) is 0 Å². The van der Waals surface area contributed by atoms with E-state index in [4.69, 9.17) is 0 Å². The summed E-state index contributed by atoms with van der Waals surface area (Å²) in [4.78, 5) is 9.12. The summed E-state index contributed by atoms with van der Waals surface area (Å²) in [6.07, 6.45) is 3.77. The molecular formula is C19H14N2. The van der Waals surface area contributed by atoms with E-state index in [1.165, 1.54) is 11.1 Å². The van der Waals surface area contributed by atoms with Crippen LogP contribution in [-0.4, -0.2) is 9.97 Å². The molecule has 100 valence electrons. The SMILES string of the molecule is Cc1cccc(-c2cnc3ccc4cccnc4c3c2)c1. The molecule has 0 bridgehead atoms. The molecule has 2 heteroatoms. The van der Waals surface area contributed by atoms with Gasteiger partial charge in [-0.3, -0.25) is 9.97 Å². The molecule has 2 aromatic carbocycles. The molecule has 0 N–H and O–H groups in total. The summed E-state index contributed by atoms with van der Waals surface area (Å²) in [5.41, 5.74) is 5.57. The molecule has 0 spiro atoms. The zero-order valence-corrected chi connectivity index (χ0v) is 11.7. The lowest BCUT2D eigenvalue weighted by Gasteiger charge is -2.06. The van der Waals surface area contributed by atoms with Gasteiger partial charge >= 0.3 is 0 Å². The molecule has 0 saturated carbocycles. The van der Waals surface area contributed by atoms with Crippen molar-refractivity contribution in [1.29, 1.82) is 0 Å². The number of pyridine rings is 2. The van der Waals surface area contributed by atoms with Crippen molar-refractivity contribution in [1.82, 2.24) is 9.97 Å². The van der Waals surface area contributed by atoms with E-state index < -0.39 is 0 Å². The Labute approximate surface area is 123 Å². The van der Waals surface area contributed by atoms with Gasteiger partial charge < -0.3 is 0 Å². The van der Waals surface area contributed by atoms with E-state index in [1.807, 2.05) is 18.5 Å². The Morgan fingerprint density at radius 2 is 1.76 bits per heavy atom. The number of rotatable bonds is 1. The molecule has 2 nitrogen and oxygen atoms in total. The molecule has 0 unspecified atom stereocenters. The topological polar surface area (TPSA) is 25.8 Å². The first-order valence-electron chi connectivity index (χ1n) is 7.02. The normalized spacial score (nSPS) is 11.1. The Bertz CT molecular complexity index is 958. The molecular weight excluding hydrogens is 256 g/mol. The monoisotopic (exact) mass is 270 g/mol. The molecule has 0 radical (unpaired) electrons. The summed E-state index contributed by atoms with van der Waals surface area (Å²) in [5, 5.41) is 2.25. The lowest BCUT2D eigenvalue weighted by molar-refractivity contribution is 1.38. The summed E-state index contributed by atoms with van der Waals surface area (Å²) in [6, 6.07) is 18.9. The fourth-order valence-corrected chi connectivity index (χ4v) is 2.73. The van der Waals surface area contributed by atoms with Gasteiger partial charge in [-0.25, -0.2) is 0 Å². The van der Waals surface area contributed by atoms with Crippen molar-refractivity contribution >= 4 is 21.8 Å². The quantitative estimate of drug-likeness (QED) is 0.466. The van der Waals surface area contributed by atoms with Crippen LogP contribution in [0.25, 0.3) is 32.9 Å². The van der Waals surface area contributed by atoms with Crippen molar-refractivity contribution in [3.63, 3.8) is 0 Å². The van der Waals surface area contributed by atoms with Crippen LogP contribution in [0.15, 0.2) is 67.0 Å². The zero-order chi connectivity index (χ0) is 14.2. The van der Waals surface area contributed by atoms with E-state index in [9.17, 15) is 0 Å². The van der Waals surface area contributed by atoms with Gasteiger partial charge in [-0.2, -0.15) is 0 Å². The first-order valence-corrected chi connectivity index (χ1v) is 7.02. The van der Waals surface area contributed by atoms with Crippen LogP contribution >= 0.6 is 0 Å². The summed E-state index contributed by atoms with van der Waals surface area (Å²) in [7, 11) is 0. The summed E-state index contributed by atoms with van der Waals surface area (Å²) < 4.78 is 0. The Hall–Kier alpha value is -2.74. The lowest BCUT2D eigenvalue weighted by atomic mass is 10.0. The number of aromatic nitrogens is 2. The third-order valence-corrected chi connectivity index (χ3v) is 3.78. The van der Waals surface area contributed by atoms with E-state index in [-0.39, 0.29) is 0 Å². The summed E-state index contributed by atoms with van der Waals surface area (Å²) >= 11 is 0. The molecule has 2 aromatic heterocycles. The highest BCUT2D eigenvalue weighted by molar-refractivity contribution is 6.04. The molecule has 0 aliphatic rings. The fourth-order valence-electron chi connectivity index (χ4n) is 2.73. The molecule has 21 heavy (non-hydrogen) atoms. The maximum Gasteiger partial charge on any atom is 0.0796 e. The summed E-state index contributed by atoms with van der Waals surface area (Å²) in [6.45, 7) is 2.11. The Morgan fingerprint density at radius 3 is 2.67 bits per heavy atom. The lowest BCUT2D eigenvalue weighted by Crippen LogP contribution is -1.87. The van der Waals surface area contributed by atoms with Crippen molar-refractivity contribution in [3.8, 4) is 11.1 Å². The van der Waals surface area contributed by atoms with Crippen molar-refractivity contribution in [2.45, 2.75) is 6.92 Å². The van der Waals surface area contributed by atoms with Gasteiger partial charge in [0.25, 0.3) is 0 Å². The van der Waals surface area contributed by atoms with Gasteiger partial charge in [-0.1, -0.05) is 42.0 Å². The van der Waals surface area contributed by atoms with Gasteiger partial charge in [0.2, 0.25) is 0 Å². The van der Waals surface area contributed by atoms with Gasteiger partial charge in [0.05, 0.1) is 11.0 Å². The average Bonchev–Trinajstić information content (AvgIpc) is 2.54. The average molecular weight is 270 g/mol. The van der Waals surface area contributed by atoms with E-state index in [1.54, 1.807) is 0 Å². The van der Waals surface area contributed by atoms with Crippen molar-refractivity contribution in [2.24, 2.45) is 0 Å². The molecule has 4 rings (SSSR count). The van der Waals surface area contributed by atoms with Crippen LogP contribution in [-0.2, 0) is 0 Å². The molecule has 4 aromatic rings. The van der Waals surface area contributed by atoms with Crippen LogP contribution < -0.4 is 0 Å². The Balaban J connectivity index is 2.02. The first kappa shape index (κ1) is 12.0. The number of nitrogens with zero attached hydrogens (tertiary/aromatic N) is 2. The zero-order valence-electron chi connectivity index (χ0n) is 11.7. The molecule has 0 amide bonds. The number of hydrogen-bond acceptors (Lipinski definition) is 2. The number of hydrogen-bond donors (Lipinski definition) is 0. The minimum atomic E-state index is 0.984. The maximum absolute atomic E-state index is 4.60. The summed E-state index contributed by atoms with van der Waals surface area (Å²) in [5.74, 6) is 0. The second-order valence-electron chi connectivity index (χ2n) is 5.30. The van der Waals surface area contributed by atoms with E-state index in [2.05, 4.69) is 65.4 Å². The predicted octanol–water partition coefficient (Wildman–Crippen LogP) is 4.76. The molecule has 0 aliphatic heterocycles. The molecule has 0 atom stereocenters. The number of fused-ring (bicyclic) bond motifs is 3. The minimum absolute atomic E-state index is 0.984. The third-order valence-electron chi connectivity index (χ3n) is 3.78. The number of benzene rings is 2. The number of aryl methyl sites for hydroxylation is 1. The van der Waals surface area contributed by atoms with Crippen molar-refractivity contribution < 1.29 is 0 Å². The second kappa shape index (κ2) is 4.67. The largest absolute Gasteiger partial charge is 0.256 e. The highest BCUT2D eigenvalue weighted by Crippen LogP contribution is 2.27. The van der Waals surface area contributed by atoms with E-state index in [0.717, 1.165) is 27.4 Å². The van der Waals surface area contributed by atoms with Crippen LogP contribution in [0.3, 0.4) is 0 Å². The van der Waals surface area contributed by atoms with Gasteiger partial charge in [-0.05, 0) is 30.7 Å². The highest BCUT2D eigenvalue weighted by atomic mass is 14.7. The molecule has 2 heterocycles. The maximum atomic E-state index is 4.60. The fraction of sp³-hybridized carbons (Fsp3) is 0.0526. The van der Waals surface area contributed by atoms with Gasteiger partial charge in [0.15, 0.2) is 0 Å². The predicted molar refractivity (Wildman–Crippen MR) is 87.2 cm³/mol. The third kappa shape index (κ3) is 2.05. The van der Waals surface area contributed by atoms with Crippen LogP contribution in [0, 0.1) is 6.92 Å². The minimum Gasteiger partial charge on any atom is -0.256 e. The highest BCUT2D eigenvalue weighted by Gasteiger charge is 2.05. The van der Waals surface area contributed by atoms with Crippen LogP contribution in [0.2, 0.25) is 0 Å². The van der Waals surface area contributed by atoms with Crippen LogP contribution in [0.5, 0.6) is 0 Å². The van der Waals surface area contributed by atoms with E-state index in [0.29, 0.717) is 0 Å². The molecule has 0 saturated heterocycles. The second-order valence-corrected chi connectivity index (χ2v) is 5.30. The molecule has 0 fully saturated rings. The van der Waals surface area contributed by atoms with Gasteiger partial charge in [-0.15, -0.1) is 0 Å². The smallest absolute Gasteiger partial charge is 0.0796 e.